The van der Waals surface area contributed by atoms with Crippen LogP contribution in [0, 0.1) is 13.8 Å². The molecule has 0 saturated carbocycles. The maximum absolute atomic E-state index is 5.46. The van der Waals surface area contributed by atoms with Gasteiger partial charge in [-0.2, -0.15) is 0 Å². The Morgan fingerprint density at radius 2 is 1.80 bits per heavy atom. The lowest BCUT2D eigenvalue weighted by molar-refractivity contribution is 0.405. The normalized spacial score (nSPS) is 14.8. The Kier molecular flexibility index (Phi) is 4.21. The zero-order valence-electron chi connectivity index (χ0n) is 10.1. The predicted octanol–water partition coefficient (Wildman–Crippen LogP) is 4.20. The van der Waals surface area contributed by atoms with Gasteiger partial charge in [-0.15, -0.1) is 0 Å². The molecule has 1 aromatic carbocycles. The molecule has 0 heterocycles. The lowest BCUT2D eigenvalue weighted by Gasteiger charge is -2.21. The molecule has 0 aromatic heterocycles. The summed E-state index contributed by atoms with van der Waals surface area (Å²) in [5.41, 5.74) is 3.88. The largest absolute Gasteiger partial charge is 0.496 e. The monoisotopic (exact) mass is 270 g/mol. The van der Waals surface area contributed by atoms with Crippen LogP contribution in [0.15, 0.2) is 12.1 Å². The van der Waals surface area contributed by atoms with Crippen LogP contribution < -0.4 is 4.74 Å². The van der Waals surface area contributed by atoms with E-state index < -0.39 is 0 Å². The lowest BCUT2D eigenvalue weighted by atomic mass is 9.92. The van der Waals surface area contributed by atoms with Gasteiger partial charge in [-0.25, -0.2) is 0 Å². The third-order valence-electron chi connectivity index (χ3n) is 2.86. The Hall–Kier alpha value is -0.500. The summed E-state index contributed by atoms with van der Waals surface area (Å²) in [6.07, 6.45) is 0. The molecule has 15 heavy (non-hydrogen) atoms. The van der Waals surface area contributed by atoms with Crippen LogP contribution in [0.3, 0.4) is 0 Å². The summed E-state index contributed by atoms with van der Waals surface area (Å²) in [5.74, 6) is 1.46. The molecule has 0 radical (unpaired) electrons. The highest BCUT2D eigenvalue weighted by atomic mass is 79.9. The van der Waals surface area contributed by atoms with E-state index in [1.54, 1.807) is 7.11 Å². The fraction of sp³-hybridized carbons (Fsp3) is 0.538. The Labute approximate surface area is 101 Å². The first-order valence-electron chi connectivity index (χ1n) is 5.26. The summed E-state index contributed by atoms with van der Waals surface area (Å²) in [7, 11) is 1.74. The molecule has 0 amide bonds. The number of alkyl halides is 1. The molecule has 1 aromatic rings. The van der Waals surface area contributed by atoms with Gasteiger partial charge in [0.15, 0.2) is 0 Å². The van der Waals surface area contributed by atoms with E-state index in [9.17, 15) is 0 Å². The van der Waals surface area contributed by atoms with Gasteiger partial charge >= 0.3 is 0 Å². The molecule has 1 rings (SSSR count). The van der Waals surface area contributed by atoms with Gasteiger partial charge < -0.3 is 4.74 Å². The first kappa shape index (κ1) is 12.6. The van der Waals surface area contributed by atoms with Crippen LogP contribution in [0.5, 0.6) is 5.75 Å². The quantitative estimate of drug-likeness (QED) is 0.749. The van der Waals surface area contributed by atoms with Crippen LogP contribution >= 0.6 is 15.9 Å². The van der Waals surface area contributed by atoms with E-state index in [1.807, 2.05) is 0 Å². The van der Waals surface area contributed by atoms with Crippen LogP contribution in [0.4, 0.5) is 0 Å². The lowest BCUT2D eigenvalue weighted by Crippen LogP contribution is -2.08. The molecule has 0 bridgehead atoms. The smallest absolute Gasteiger partial charge is 0.122 e. The van der Waals surface area contributed by atoms with Gasteiger partial charge in [-0.05, 0) is 37.0 Å². The van der Waals surface area contributed by atoms with Crippen LogP contribution in [0.1, 0.15) is 36.5 Å². The molecule has 2 atom stereocenters. The predicted molar refractivity (Wildman–Crippen MR) is 69.3 cm³/mol. The first-order valence-corrected chi connectivity index (χ1v) is 6.18. The number of methoxy groups -OCH3 is 1. The van der Waals surface area contributed by atoms with Crippen molar-refractivity contribution in [1.29, 1.82) is 0 Å². The summed E-state index contributed by atoms with van der Waals surface area (Å²) >= 11 is 3.64. The molecule has 0 aliphatic heterocycles. The molecular weight excluding hydrogens is 252 g/mol. The van der Waals surface area contributed by atoms with E-state index in [-0.39, 0.29) is 0 Å². The second-order valence-electron chi connectivity index (χ2n) is 4.16. The average molecular weight is 271 g/mol. The molecule has 0 saturated heterocycles. The summed E-state index contributed by atoms with van der Waals surface area (Å²) in [5, 5.41) is 0. The number of hydrogen-bond acceptors (Lipinski definition) is 1. The number of hydrogen-bond donors (Lipinski definition) is 0. The SMILES string of the molecule is COc1cc(C)cc(C)c1C(C)C(C)Br. The third-order valence-corrected chi connectivity index (χ3v) is 3.65. The van der Waals surface area contributed by atoms with E-state index in [0.29, 0.717) is 10.7 Å². The van der Waals surface area contributed by atoms with Gasteiger partial charge in [0.2, 0.25) is 0 Å². The summed E-state index contributed by atoms with van der Waals surface area (Å²) in [4.78, 5) is 0.452. The van der Waals surface area contributed by atoms with Gasteiger partial charge in [0, 0.05) is 10.4 Å². The minimum absolute atomic E-state index is 0.452. The highest BCUT2D eigenvalue weighted by Gasteiger charge is 2.18. The summed E-state index contributed by atoms with van der Waals surface area (Å²) in [6, 6.07) is 4.32. The van der Waals surface area contributed by atoms with Crippen LogP contribution in [-0.2, 0) is 0 Å². The fourth-order valence-electron chi connectivity index (χ4n) is 1.92. The first-order chi connectivity index (χ1) is 6.97. The van der Waals surface area contributed by atoms with Gasteiger partial charge in [-0.3, -0.25) is 0 Å². The standard InChI is InChI=1S/C13H19BrO/c1-8-6-9(2)13(10(3)11(4)14)12(7-8)15-5/h6-7,10-11H,1-5H3. The highest BCUT2D eigenvalue weighted by molar-refractivity contribution is 9.09. The molecule has 84 valence electrons. The number of ether oxygens (including phenoxy) is 1. The van der Waals surface area contributed by atoms with Crippen molar-refractivity contribution >= 4 is 15.9 Å². The van der Waals surface area contributed by atoms with Crippen molar-refractivity contribution in [1.82, 2.24) is 0 Å². The molecular formula is C13H19BrO. The van der Waals surface area contributed by atoms with Crippen molar-refractivity contribution in [2.45, 2.75) is 38.4 Å². The van der Waals surface area contributed by atoms with Gasteiger partial charge in [-0.1, -0.05) is 35.8 Å². The summed E-state index contributed by atoms with van der Waals surface area (Å²) < 4.78 is 5.46. The molecule has 0 fully saturated rings. The number of aryl methyl sites for hydroxylation is 2. The van der Waals surface area contributed by atoms with Crippen molar-refractivity contribution in [2.24, 2.45) is 0 Å². The van der Waals surface area contributed by atoms with Gasteiger partial charge in [0.05, 0.1) is 7.11 Å². The molecule has 0 aliphatic carbocycles. The van der Waals surface area contributed by atoms with Crippen LogP contribution in [0.25, 0.3) is 0 Å². The second kappa shape index (κ2) is 5.02. The number of rotatable bonds is 3. The van der Waals surface area contributed by atoms with Gasteiger partial charge in [0.1, 0.15) is 5.75 Å². The second-order valence-corrected chi connectivity index (χ2v) is 5.61. The summed E-state index contributed by atoms with van der Waals surface area (Å²) in [6.45, 7) is 8.64. The van der Waals surface area contributed by atoms with E-state index >= 15 is 0 Å². The Morgan fingerprint density at radius 3 is 2.27 bits per heavy atom. The highest BCUT2D eigenvalue weighted by Crippen LogP contribution is 2.35. The third kappa shape index (κ3) is 2.75. The van der Waals surface area contributed by atoms with Crippen LogP contribution in [0.2, 0.25) is 0 Å². The fourth-order valence-corrected chi connectivity index (χ4v) is 2.19. The van der Waals surface area contributed by atoms with Crippen molar-refractivity contribution in [3.8, 4) is 5.75 Å². The van der Waals surface area contributed by atoms with Gasteiger partial charge in [0.25, 0.3) is 0 Å². The average Bonchev–Trinajstić information content (AvgIpc) is 2.15. The van der Waals surface area contributed by atoms with E-state index in [0.717, 1.165) is 5.75 Å². The number of halogens is 1. The maximum atomic E-state index is 5.46. The molecule has 1 nitrogen and oxygen atoms in total. The molecule has 0 N–H and O–H groups in total. The van der Waals surface area contributed by atoms with E-state index in [2.05, 4.69) is 55.8 Å². The maximum Gasteiger partial charge on any atom is 0.122 e. The number of benzene rings is 1. The van der Waals surface area contributed by atoms with E-state index in [4.69, 9.17) is 4.74 Å². The zero-order chi connectivity index (χ0) is 11.6. The Balaban J connectivity index is 3.26. The Morgan fingerprint density at radius 1 is 1.20 bits per heavy atom. The molecule has 0 aliphatic rings. The minimum Gasteiger partial charge on any atom is -0.496 e. The minimum atomic E-state index is 0.452. The molecule has 2 unspecified atom stereocenters. The molecule has 0 spiro atoms. The van der Waals surface area contributed by atoms with Crippen molar-refractivity contribution in [3.63, 3.8) is 0 Å². The van der Waals surface area contributed by atoms with Crippen LogP contribution in [-0.4, -0.2) is 11.9 Å². The Bertz CT molecular complexity index is 345. The van der Waals surface area contributed by atoms with Crippen molar-refractivity contribution < 1.29 is 4.74 Å². The van der Waals surface area contributed by atoms with E-state index in [1.165, 1.54) is 16.7 Å². The zero-order valence-corrected chi connectivity index (χ0v) is 11.7. The van der Waals surface area contributed by atoms with Crippen molar-refractivity contribution in [2.75, 3.05) is 7.11 Å². The topological polar surface area (TPSA) is 9.23 Å². The van der Waals surface area contributed by atoms with Crippen molar-refractivity contribution in [3.05, 3.63) is 28.8 Å². The molecule has 2 heteroatoms.